The van der Waals surface area contributed by atoms with Crippen LogP contribution in [0.15, 0.2) is 96.0 Å². The molecular weight excluding hydrogens is 436 g/mol. The third kappa shape index (κ3) is 9.94. The van der Waals surface area contributed by atoms with Gasteiger partial charge in [-0.15, -0.1) is 0 Å². The van der Waals surface area contributed by atoms with Crippen molar-refractivity contribution in [1.82, 2.24) is 0 Å². The standard InChI is InChI=1S/C21H17NO.C5H8NO.Cu/c23-21(18-12-6-2-7-13-18)16-20(17-10-4-1-5-11-17)22-19-14-8-3-9-15-19;1-4(6)3-5(2)7;/h1-15H,16H2;3H2,1-2H3;/q;-1;+1. The molecule has 0 atom stereocenters. The van der Waals surface area contributed by atoms with Crippen LogP contribution in [0, 0.1) is 0 Å². The molecule has 0 saturated carbocycles. The molecule has 4 nitrogen and oxygen atoms in total. The molecule has 0 bridgehead atoms. The van der Waals surface area contributed by atoms with Gasteiger partial charge in [0.2, 0.25) is 0 Å². The molecular formula is C26H25CuN2O2. The van der Waals surface area contributed by atoms with E-state index in [1.807, 2.05) is 91.0 Å². The summed E-state index contributed by atoms with van der Waals surface area (Å²) in [5.41, 5.74) is 3.51. The van der Waals surface area contributed by atoms with Crippen LogP contribution in [0.25, 0.3) is 5.41 Å². The smallest absolute Gasteiger partial charge is 0.811 e. The first-order valence-corrected chi connectivity index (χ1v) is 9.73. The Bertz CT molecular complexity index is 989. The normalized spacial score (nSPS) is 10.2. The van der Waals surface area contributed by atoms with Crippen LogP contribution in [0.5, 0.6) is 0 Å². The van der Waals surface area contributed by atoms with Gasteiger partial charge in [0.15, 0.2) is 5.78 Å². The predicted molar refractivity (Wildman–Crippen MR) is 124 cm³/mol. The largest absolute Gasteiger partial charge is 1.00 e. The van der Waals surface area contributed by atoms with Crippen LogP contribution in [0.1, 0.15) is 42.6 Å². The van der Waals surface area contributed by atoms with Crippen molar-refractivity contribution in [1.29, 1.82) is 0 Å². The SMILES string of the molecule is CC(=[N-])CC(C)=O.O=C(CC(=Nc1ccccc1)c1ccccc1)c1ccccc1.[Cu+]. The molecule has 0 amide bonds. The molecule has 0 fully saturated rings. The van der Waals surface area contributed by atoms with Gasteiger partial charge in [-0.25, -0.2) is 5.71 Å². The fraction of sp³-hybridized carbons (Fsp3) is 0.154. The van der Waals surface area contributed by atoms with Gasteiger partial charge in [-0.3, -0.25) is 14.6 Å². The molecule has 162 valence electrons. The number of rotatable bonds is 7. The molecule has 0 aliphatic rings. The molecule has 3 aromatic rings. The summed E-state index contributed by atoms with van der Waals surface area (Å²) in [5.74, 6) is 0.0733. The Morgan fingerprint density at radius 3 is 1.58 bits per heavy atom. The van der Waals surface area contributed by atoms with E-state index in [1.54, 1.807) is 0 Å². The van der Waals surface area contributed by atoms with Crippen molar-refractivity contribution in [2.75, 3.05) is 0 Å². The predicted octanol–water partition coefficient (Wildman–Crippen LogP) is 6.07. The quantitative estimate of drug-likeness (QED) is 0.244. The van der Waals surface area contributed by atoms with E-state index in [0.29, 0.717) is 5.56 Å². The van der Waals surface area contributed by atoms with Crippen LogP contribution in [0.2, 0.25) is 0 Å². The van der Waals surface area contributed by atoms with Crippen molar-refractivity contribution in [2.45, 2.75) is 26.7 Å². The van der Waals surface area contributed by atoms with Crippen LogP contribution >= 0.6 is 0 Å². The summed E-state index contributed by atoms with van der Waals surface area (Å²) in [5, 5.41) is 8.42. The minimum atomic E-state index is 0. The number of hydrogen-bond donors (Lipinski definition) is 0. The van der Waals surface area contributed by atoms with Crippen LogP contribution in [0.3, 0.4) is 0 Å². The Morgan fingerprint density at radius 1 is 0.710 bits per heavy atom. The van der Waals surface area contributed by atoms with Gasteiger partial charge in [0.1, 0.15) is 5.78 Å². The van der Waals surface area contributed by atoms with E-state index < -0.39 is 0 Å². The van der Waals surface area contributed by atoms with Crippen LogP contribution < -0.4 is 0 Å². The van der Waals surface area contributed by atoms with Crippen LogP contribution in [-0.4, -0.2) is 23.0 Å². The number of carbonyl (C=O) groups is 2. The molecule has 0 N–H and O–H groups in total. The molecule has 5 heteroatoms. The van der Waals surface area contributed by atoms with Crippen molar-refractivity contribution in [3.8, 4) is 0 Å². The van der Waals surface area contributed by atoms with E-state index in [4.69, 9.17) is 10.4 Å². The summed E-state index contributed by atoms with van der Waals surface area (Å²) in [4.78, 5) is 27.3. The number of ketones is 2. The zero-order valence-corrected chi connectivity index (χ0v) is 18.5. The second-order valence-electron chi connectivity index (χ2n) is 6.84. The Hall–Kier alpha value is -3.14. The molecule has 0 spiro atoms. The zero-order valence-electron chi connectivity index (χ0n) is 17.6. The molecule has 0 aliphatic carbocycles. The van der Waals surface area contributed by atoms with E-state index in [-0.39, 0.29) is 47.2 Å². The minimum absolute atomic E-state index is 0. The monoisotopic (exact) mass is 460 g/mol. The minimum Gasteiger partial charge on any atom is -0.811 e. The molecule has 0 aliphatic heterocycles. The fourth-order valence-electron chi connectivity index (χ4n) is 2.73. The van der Waals surface area contributed by atoms with E-state index >= 15 is 0 Å². The maximum atomic E-state index is 12.5. The van der Waals surface area contributed by atoms with Crippen molar-refractivity contribution in [3.63, 3.8) is 0 Å². The number of carbonyl (C=O) groups excluding carboxylic acids is 2. The summed E-state index contributed by atoms with van der Waals surface area (Å²) in [6.45, 7) is 2.96. The molecule has 3 aromatic carbocycles. The number of hydrogen-bond acceptors (Lipinski definition) is 3. The fourth-order valence-corrected chi connectivity index (χ4v) is 2.73. The number of aliphatic imine (C=N–C) groups is 1. The Balaban J connectivity index is 0.000000523. The third-order valence-corrected chi connectivity index (χ3v) is 4.06. The number of benzene rings is 3. The first-order valence-electron chi connectivity index (χ1n) is 9.73. The van der Waals surface area contributed by atoms with Gasteiger partial charge in [-0.05, 0) is 24.6 Å². The van der Waals surface area contributed by atoms with Gasteiger partial charge >= 0.3 is 17.1 Å². The summed E-state index contributed by atoms with van der Waals surface area (Å²) in [6.07, 6.45) is 0.475. The van der Waals surface area contributed by atoms with Gasteiger partial charge < -0.3 is 5.41 Å². The van der Waals surface area contributed by atoms with E-state index in [1.165, 1.54) is 13.8 Å². The first-order chi connectivity index (χ1) is 14.5. The van der Waals surface area contributed by atoms with Crippen molar-refractivity contribution in [2.24, 2.45) is 4.99 Å². The van der Waals surface area contributed by atoms with Gasteiger partial charge in [0.05, 0.1) is 17.8 Å². The van der Waals surface area contributed by atoms with Crippen LogP contribution in [-0.2, 0) is 21.9 Å². The van der Waals surface area contributed by atoms with Gasteiger partial charge in [-0.1, -0.05) is 85.8 Å². The second kappa shape index (κ2) is 14.0. The number of Topliss-reactive ketones (excluding diaryl/α,β-unsaturated/α-hetero) is 2. The van der Waals surface area contributed by atoms with E-state index in [0.717, 1.165) is 17.0 Å². The van der Waals surface area contributed by atoms with Gasteiger partial charge in [0.25, 0.3) is 0 Å². The van der Waals surface area contributed by atoms with Gasteiger partial charge in [0, 0.05) is 12.0 Å². The van der Waals surface area contributed by atoms with E-state index in [2.05, 4.69) is 0 Å². The summed E-state index contributed by atoms with van der Waals surface area (Å²) >= 11 is 0. The zero-order chi connectivity index (χ0) is 21.8. The first kappa shape index (κ1) is 25.9. The second-order valence-corrected chi connectivity index (χ2v) is 6.84. The van der Waals surface area contributed by atoms with Gasteiger partial charge in [-0.2, -0.15) is 0 Å². The molecule has 0 heterocycles. The molecule has 0 radical (unpaired) electrons. The number of nitrogens with zero attached hydrogens (tertiary/aromatic N) is 2. The van der Waals surface area contributed by atoms with E-state index in [9.17, 15) is 9.59 Å². The maximum Gasteiger partial charge on any atom is 1.00 e. The summed E-state index contributed by atoms with van der Waals surface area (Å²) in [6, 6.07) is 28.9. The molecule has 0 unspecified atom stereocenters. The average Bonchev–Trinajstić information content (AvgIpc) is 2.75. The summed E-state index contributed by atoms with van der Waals surface area (Å²) < 4.78 is 0. The van der Waals surface area contributed by atoms with Crippen LogP contribution in [0.4, 0.5) is 5.69 Å². The van der Waals surface area contributed by atoms with Crippen molar-refractivity contribution < 1.29 is 26.7 Å². The molecule has 3 rings (SSSR count). The molecule has 31 heavy (non-hydrogen) atoms. The Kier molecular flexibility index (Phi) is 11.7. The molecule has 0 saturated heterocycles. The molecule has 0 aromatic heterocycles. The van der Waals surface area contributed by atoms with Crippen molar-refractivity contribution >= 4 is 28.7 Å². The third-order valence-electron chi connectivity index (χ3n) is 4.06. The number of para-hydroxylation sites is 1. The Morgan fingerprint density at radius 2 is 1.16 bits per heavy atom. The Labute approximate surface area is 194 Å². The van der Waals surface area contributed by atoms with Crippen molar-refractivity contribution in [3.05, 3.63) is 108 Å². The topological polar surface area (TPSA) is 68.8 Å². The summed E-state index contributed by atoms with van der Waals surface area (Å²) in [7, 11) is 0. The maximum absolute atomic E-state index is 12.5. The average molecular weight is 461 g/mol.